The fraction of sp³-hybridized carbons (Fsp3) is 0.167. The lowest BCUT2D eigenvalue weighted by atomic mass is 10.2. The summed E-state index contributed by atoms with van der Waals surface area (Å²) in [5.41, 5.74) is 0.828. The molecule has 1 aromatic heterocycles. The Hall–Kier alpha value is -1.65. The van der Waals surface area contributed by atoms with Crippen LogP contribution in [-0.4, -0.2) is 15.1 Å². The average molecular weight is 251 g/mol. The van der Waals surface area contributed by atoms with Crippen LogP contribution >= 0.6 is 11.6 Å². The molecule has 17 heavy (non-hydrogen) atoms. The van der Waals surface area contributed by atoms with Gasteiger partial charge in [0.15, 0.2) is 0 Å². The lowest BCUT2D eigenvalue weighted by Gasteiger charge is -2.06. The summed E-state index contributed by atoms with van der Waals surface area (Å²) in [7, 11) is 0. The molecule has 88 valence electrons. The normalized spacial score (nSPS) is 10.3. The predicted molar refractivity (Wildman–Crippen MR) is 64.2 cm³/mol. The number of ether oxygens (including phenoxy) is 1. The maximum Gasteiger partial charge on any atom is 0.224 e. The first-order chi connectivity index (χ1) is 8.17. The quantitative estimate of drug-likeness (QED) is 0.851. The molecule has 1 aromatic carbocycles. The van der Waals surface area contributed by atoms with Gasteiger partial charge in [0.05, 0.1) is 6.61 Å². The van der Waals surface area contributed by atoms with Crippen molar-refractivity contribution in [2.24, 2.45) is 0 Å². The molecule has 2 rings (SSSR count). The summed E-state index contributed by atoms with van der Waals surface area (Å²) in [5, 5.41) is 9.26. The molecule has 0 saturated heterocycles. The first-order valence-corrected chi connectivity index (χ1v) is 5.44. The lowest BCUT2D eigenvalue weighted by Crippen LogP contribution is -1.93. The van der Waals surface area contributed by atoms with Gasteiger partial charge < -0.3 is 9.84 Å². The van der Waals surface area contributed by atoms with Crippen LogP contribution in [0.1, 0.15) is 11.4 Å². The molecule has 0 fully saturated rings. The van der Waals surface area contributed by atoms with Crippen LogP contribution in [0.4, 0.5) is 0 Å². The minimum Gasteiger partial charge on any atom is -0.439 e. The molecule has 0 bridgehead atoms. The largest absolute Gasteiger partial charge is 0.439 e. The van der Waals surface area contributed by atoms with Gasteiger partial charge >= 0.3 is 0 Å². The Morgan fingerprint density at radius 3 is 2.53 bits per heavy atom. The van der Waals surface area contributed by atoms with E-state index in [1.54, 1.807) is 37.3 Å². The van der Waals surface area contributed by atoms with Crippen LogP contribution in [0.5, 0.6) is 11.6 Å². The number of benzene rings is 1. The summed E-state index contributed by atoms with van der Waals surface area (Å²) in [6, 6.07) is 8.64. The molecule has 4 nitrogen and oxygen atoms in total. The standard InChI is InChI=1S/C12H11ClN2O2/c1-8-14-11(13)6-12(15-8)17-10-4-2-9(7-16)3-5-10/h2-6,16H,7H2,1H3. The van der Waals surface area contributed by atoms with Crippen LogP contribution in [0.3, 0.4) is 0 Å². The fourth-order valence-electron chi connectivity index (χ4n) is 1.34. The Morgan fingerprint density at radius 1 is 1.24 bits per heavy atom. The predicted octanol–water partition coefficient (Wildman–Crippen LogP) is 2.72. The molecule has 0 amide bonds. The van der Waals surface area contributed by atoms with Crippen LogP contribution < -0.4 is 4.74 Å². The molecule has 5 heteroatoms. The van der Waals surface area contributed by atoms with E-state index in [2.05, 4.69) is 9.97 Å². The Bertz CT molecular complexity index is 494. The summed E-state index contributed by atoms with van der Waals surface area (Å²) in [6.45, 7) is 1.76. The van der Waals surface area contributed by atoms with Crippen molar-refractivity contribution < 1.29 is 9.84 Å². The average Bonchev–Trinajstić information content (AvgIpc) is 2.28. The molecule has 0 unspecified atom stereocenters. The Labute approximate surface area is 104 Å². The second kappa shape index (κ2) is 5.12. The molecular weight excluding hydrogens is 240 g/mol. The van der Waals surface area contributed by atoms with Crippen molar-refractivity contribution in [1.82, 2.24) is 9.97 Å². The first-order valence-electron chi connectivity index (χ1n) is 5.06. The zero-order valence-corrected chi connectivity index (χ0v) is 9.98. The maximum atomic E-state index is 8.91. The van der Waals surface area contributed by atoms with Crippen LogP contribution in [0.2, 0.25) is 5.15 Å². The van der Waals surface area contributed by atoms with Crippen molar-refractivity contribution in [1.29, 1.82) is 0 Å². The zero-order valence-electron chi connectivity index (χ0n) is 9.22. The van der Waals surface area contributed by atoms with E-state index < -0.39 is 0 Å². The van der Waals surface area contributed by atoms with Crippen LogP contribution in [0.15, 0.2) is 30.3 Å². The SMILES string of the molecule is Cc1nc(Cl)cc(Oc2ccc(CO)cc2)n1. The van der Waals surface area contributed by atoms with Gasteiger partial charge in [-0.1, -0.05) is 23.7 Å². The second-order valence-electron chi connectivity index (χ2n) is 3.48. The number of aliphatic hydroxyl groups is 1. The molecular formula is C12H11ClN2O2. The number of nitrogens with zero attached hydrogens (tertiary/aromatic N) is 2. The molecule has 0 aliphatic rings. The molecule has 1 N–H and O–H groups in total. The van der Waals surface area contributed by atoms with Gasteiger partial charge in [0, 0.05) is 6.07 Å². The van der Waals surface area contributed by atoms with Gasteiger partial charge in [-0.05, 0) is 24.6 Å². The Morgan fingerprint density at radius 2 is 1.94 bits per heavy atom. The third-order valence-electron chi connectivity index (χ3n) is 2.11. The third-order valence-corrected chi connectivity index (χ3v) is 2.31. The van der Waals surface area contributed by atoms with Crippen molar-refractivity contribution in [3.05, 3.63) is 46.9 Å². The van der Waals surface area contributed by atoms with E-state index in [0.29, 0.717) is 22.6 Å². The van der Waals surface area contributed by atoms with Crippen molar-refractivity contribution in [3.8, 4) is 11.6 Å². The monoisotopic (exact) mass is 250 g/mol. The Kier molecular flexibility index (Phi) is 3.56. The van der Waals surface area contributed by atoms with Gasteiger partial charge in [-0.2, -0.15) is 4.98 Å². The molecule has 2 aromatic rings. The lowest BCUT2D eigenvalue weighted by molar-refractivity contribution is 0.281. The van der Waals surface area contributed by atoms with Gasteiger partial charge in [-0.15, -0.1) is 0 Å². The fourth-order valence-corrected chi connectivity index (χ4v) is 1.56. The molecule has 1 heterocycles. The summed E-state index contributed by atoms with van der Waals surface area (Å²) in [5.74, 6) is 1.59. The van der Waals surface area contributed by atoms with E-state index >= 15 is 0 Å². The van der Waals surface area contributed by atoms with E-state index in [9.17, 15) is 0 Å². The molecule has 0 spiro atoms. The zero-order chi connectivity index (χ0) is 12.3. The van der Waals surface area contributed by atoms with E-state index in [-0.39, 0.29) is 6.61 Å². The maximum absolute atomic E-state index is 8.91. The van der Waals surface area contributed by atoms with Crippen LogP contribution in [-0.2, 0) is 6.61 Å². The summed E-state index contributed by atoms with van der Waals surface area (Å²) in [4.78, 5) is 8.05. The summed E-state index contributed by atoms with van der Waals surface area (Å²) in [6.07, 6.45) is 0. The highest BCUT2D eigenvalue weighted by atomic mass is 35.5. The highest BCUT2D eigenvalue weighted by Gasteiger charge is 2.02. The minimum absolute atomic E-state index is 0.0126. The smallest absolute Gasteiger partial charge is 0.224 e. The van der Waals surface area contributed by atoms with Gasteiger partial charge in [-0.25, -0.2) is 4.98 Å². The molecule has 0 atom stereocenters. The third kappa shape index (κ3) is 3.15. The highest BCUT2D eigenvalue weighted by Crippen LogP contribution is 2.21. The van der Waals surface area contributed by atoms with Crippen molar-refractivity contribution in [2.75, 3.05) is 0 Å². The van der Waals surface area contributed by atoms with Gasteiger partial charge in [0.2, 0.25) is 5.88 Å². The minimum atomic E-state index is 0.0126. The van der Waals surface area contributed by atoms with Gasteiger partial charge in [0.25, 0.3) is 0 Å². The second-order valence-corrected chi connectivity index (χ2v) is 3.87. The van der Waals surface area contributed by atoms with E-state index in [1.807, 2.05) is 0 Å². The molecule has 0 saturated carbocycles. The number of hydrogen-bond donors (Lipinski definition) is 1. The van der Waals surface area contributed by atoms with Crippen LogP contribution in [0.25, 0.3) is 0 Å². The van der Waals surface area contributed by atoms with Gasteiger partial charge in [0.1, 0.15) is 16.7 Å². The van der Waals surface area contributed by atoms with E-state index in [0.717, 1.165) is 5.56 Å². The number of halogens is 1. The topological polar surface area (TPSA) is 55.2 Å². The van der Waals surface area contributed by atoms with Crippen LogP contribution in [0, 0.1) is 6.92 Å². The first kappa shape index (κ1) is 11.8. The molecule has 0 aliphatic heterocycles. The molecule has 0 aliphatic carbocycles. The van der Waals surface area contributed by atoms with Crippen molar-refractivity contribution in [3.63, 3.8) is 0 Å². The summed E-state index contributed by atoms with van der Waals surface area (Å²) >= 11 is 5.80. The molecule has 0 radical (unpaired) electrons. The highest BCUT2D eigenvalue weighted by molar-refractivity contribution is 6.29. The van der Waals surface area contributed by atoms with Gasteiger partial charge in [-0.3, -0.25) is 0 Å². The van der Waals surface area contributed by atoms with E-state index in [4.69, 9.17) is 21.4 Å². The van der Waals surface area contributed by atoms with Crippen molar-refractivity contribution in [2.45, 2.75) is 13.5 Å². The summed E-state index contributed by atoms with van der Waals surface area (Å²) < 4.78 is 5.52. The number of aliphatic hydroxyl groups excluding tert-OH is 1. The number of aromatic nitrogens is 2. The van der Waals surface area contributed by atoms with E-state index in [1.165, 1.54) is 0 Å². The Balaban J connectivity index is 2.19. The van der Waals surface area contributed by atoms with Crippen molar-refractivity contribution >= 4 is 11.6 Å². The number of rotatable bonds is 3. The number of hydrogen-bond acceptors (Lipinski definition) is 4. The number of aryl methyl sites for hydroxylation is 1.